The van der Waals surface area contributed by atoms with Crippen LogP contribution in [-0.4, -0.2) is 66.3 Å². The molecule has 0 unspecified atom stereocenters. The smallest absolute Gasteiger partial charge is 0.119 e. The lowest BCUT2D eigenvalue weighted by Gasteiger charge is -2.47. The molecule has 3 heterocycles. The van der Waals surface area contributed by atoms with Gasteiger partial charge < -0.3 is 5.73 Å². The minimum atomic E-state index is 0.629. The van der Waals surface area contributed by atoms with Gasteiger partial charge in [-0.3, -0.25) is 14.7 Å². The second-order valence-corrected chi connectivity index (χ2v) is 5.05. The third kappa shape index (κ3) is 1.60. The summed E-state index contributed by atoms with van der Waals surface area (Å²) >= 11 is 0. The monoisotopic (exact) mass is 210 g/mol. The molecule has 2 atom stereocenters. The van der Waals surface area contributed by atoms with E-state index in [0.29, 0.717) is 6.29 Å². The van der Waals surface area contributed by atoms with Crippen molar-refractivity contribution in [1.82, 2.24) is 14.7 Å². The second-order valence-electron chi connectivity index (χ2n) is 5.05. The fourth-order valence-electron chi connectivity index (χ4n) is 3.54. The summed E-state index contributed by atoms with van der Waals surface area (Å²) in [5.41, 5.74) is 5.71. The van der Waals surface area contributed by atoms with E-state index < -0.39 is 0 Å². The van der Waals surface area contributed by atoms with Crippen LogP contribution >= 0.6 is 0 Å². The molecule has 0 spiro atoms. The zero-order valence-electron chi connectivity index (χ0n) is 9.44. The van der Waals surface area contributed by atoms with Crippen molar-refractivity contribution >= 4 is 0 Å². The summed E-state index contributed by atoms with van der Waals surface area (Å²) in [7, 11) is 0. The van der Waals surface area contributed by atoms with Gasteiger partial charge in [0, 0.05) is 38.8 Å². The molecule has 0 aliphatic carbocycles. The molecule has 4 nitrogen and oxygen atoms in total. The normalized spacial score (nSPS) is 38.2. The Labute approximate surface area is 92.0 Å². The van der Waals surface area contributed by atoms with E-state index in [9.17, 15) is 0 Å². The van der Waals surface area contributed by atoms with Gasteiger partial charge >= 0.3 is 0 Å². The fourth-order valence-corrected chi connectivity index (χ4v) is 3.54. The largest absolute Gasteiger partial charge is 0.330 e. The summed E-state index contributed by atoms with van der Waals surface area (Å²) in [5.74, 6) is 0. The standard InChI is InChI=1S/C11H22N4/c12-4-3-10-9-14-7-1-5-13-6-2-8-15(10)11(13)14/h10-11H,1-9,12H2/t10-,11+/m0/s1. The molecule has 0 aromatic heterocycles. The molecule has 0 saturated carbocycles. The molecule has 15 heavy (non-hydrogen) atoms. The molecule has 2 N–H and O–H groups in total. The first-order chi connectivity index (χ1) is 7.40. The van der Waals surface area contributed by atoms with Crippen molar-refractivity contribution in [3.8, 4) is 0 Å². The predicted octanol–water partition coefficient (Wildman–Crippen LogP) is -0.286. The van der Waals surface area contributed by atoms with Gasteiger partial charge in [0.2, 0.25) is 0 Å². The van der Waals surface area contributed by atoms with Crippen molar-refractivity contribution in [3.63, 3.8) is 0 Å². The van der Waals surface area contributed by atoms with Crippen LogP contribution in [0.5, 0.6) is 0 Å². The van der Waals surface area contributed by atoms with E-state index in [0.717, 1.165) is 12.6 Å². The zero-order chi connectivity index (χ0) is 10.3. The fraction of sp³-hybridized carbons (Fsp3) is 1.00. The molecule has 0 amide bonds. The van der Waals surface area contributed by atoms with Crippen LogP contribution in [0.4, 0.5) is 0 Å². The molecular weight excluding hydrogens is 188 g/mol. The Hall–Kier alpha value is -0.160. The molecule has 3 aliphatic heterocycles. The SMILES string of the molecule is NCC[C@H]1CN2CCCN3CCCN1[C@H]32. The summed E-state index contributed by atoms with van der Waals surface area (Å²) in [6, 6.07) is 0.723. The maximum absolute atomic E-state index is 5.71. The van der Waals surface area contributed by atoms with Gasteiger partial charge in [0.05, 0.1) is 0 Å². The van der Waals surface area contributed by atoms with E-state index in [-0.39, 0.29) is 0 Å². The van der Waals surface area contributed by atoms with Crippen molar-refractivity contribution in [2.24, 2.45) is 5.73 Å². The summed E-state index contributed by atoms with van der Waals surface area (Å²) in [5, 5.41) is 0. The molecule has 0 aromatic rings. The maximum atomic E-state index is 5.71. The number of hydrogen-bond acceptors (Lipinski definition) is 4. The van der Waals surface area contributed by atoms with Gasteiger partial charge in [0.1, 0.15) is 6.29 Å². The van der Waals surface area contributed by atoms with E-state index in [1.54, 1.807) is 0 Å². The summed E-state index contributed by atoms with van der Waals surface area (Å²) < 4.78 is 0. The molecule has 0 aromatic carbocycles. The van der Waals surface area contributed by atoms with Crippen LogP contribution in [0.2, 0.25) is 0 Å². The highest BCUT2D eigenvalue weighted by atomic mass is 15.6. The zero-order valence-corrected chi connectivity index (χ0v) is 9.44. The van der Waals surface area contributed by atoms with Crippen LogP contribution in [0, 0.1) is 0 Å². The Bertz CT molecular complexity index is 231. The van der Waals surface area contributed by atoms with Crippen LogP contribution in [-0.2, 0) is 0 Å². The lowest BCUT2D eigenvalue weighted by Crippen LogP contribution is -2.60. The molecule has 3 aliphatic rings. The average molecular weight is 210 g/mol. The van der Waals surface area contributed by atoms with Gasteiger partial charge in [-0.25, -0.2) is 0 Å². The maximum Gasteiger partial charge on any atom is 0.119 e. The van der Waals surface area contributed by atoms with Gasteiger partial charge in [-0.2, -0.15) is 0 Å². The van der Waals surface area contributed by atoms with Crippen LogP contribution in [0.1, 0.15) is 19.3 Å². The molecule has 0 radical (unpaired) electrons. The lowest BCUT2D eigenvalue weighted by atomic mass is 10.1. The highest BCUT2D eigenvalue weighted by molar-refractivity contribution is 4.94. The minimum absolute atomic E-state index is 0.629. The highest BCUT2D eigenvalue weighted by Gasteiger charge is 2.45. The summed E-state index contributed by atoms with van der Waals surface area (Å²) in [6.07, 6.45) is 4.48. The van der Waals surface area contributed by atoms with E-state index in [1.165, 1.54) is 52.0 Å². The van der Waals surface area contributed by atoms with Crippen molar-refractivity contribution in [3.05, 3.63) is 0 Å². The van der Waals surface area contributed by atoms with Crippen LogP contribution in [0.15, 0.2) is 0 Å². The highest BCUT2D eigenvalue weighted by Crippen LogP contribution is 2.31. The van der Waals surface area contributed by atoms with E-state index in [2.05, 4.69) is 14.7 Å². The van der Waals surface area contributed by atoms with Crippen LogP contribution in [0.3, 0.4) is 0 Å². The van der Waals surface area contributed by atoms with Gasteiger partial charge in [-0.05, 0) is 25.8 Å². The topological polar surface area (TPSA) is 35.7 Å². The first-order valence-corrected chi connectivity index (χ1v) is 6.34. The number of nitrogens with zero attached hydrogens (tertiary/aromatic N) is 3. The lowest BCUT2D eigenvalue weighted by molar-refractivity contribution is -0.0746. The Morgan fingerprint density at radius 1 is 1.00 bits per heavy atom. The average Bonchev–Trinajstić information content (AvgIpc) is 2.61. The van der Waals surface area contributed by atoms with Gasteiger partial charge in [0.25, 0.3) is 0 Å². The van der Waals surface area contributed by atoms with Crippen LogP contribution in [0.25, 0.3) is 0 Å². The minimum Gasteiger partial charge on any atom is -0.330 e. The number of hydrogen-bond donors (Lipinski definition) is 1. The van der Waals surface area contributed by atoms with Crippen molar-refractivity contribution in [2.75, 3.05) is 39.3 Å². The van der Waals surface area contributed by atoms with Crippen molar-refractivity contribution in [2.45, 2.75) is 31.6 Å². The Morgan fingerprint density at radius 3 is 2.53 bits per heavy atom. The number of nitrogens with two attached hydrogens (primary N) is 1. The molecule has 0 bridgehead atoms. The summed E-state index contributed by atoms with van der Waals surface area (Å²) in [4.78, 5) is 8.00. The van der Waals surface area contributed by atoms with E-state index in [1.807, 2.05) is 0 Å². The molecule has 3 saturated heterocycles. The van der Waals surface area contributed by atoms with E-state index >= 15 is 0 Å². The first-order valence-electron chi connectivity index (χ1n) is 6.34. The quantitative estimate of drug-likeness (QED) is 0.680. The molecule has 86 valence electrons. The van der Waals surface area contributed by atoms with Crippen molar-refractivity contribution in [1.29, 1.82) is 0 Å². The predicted molar refractivity (Wildman–Crippen MR) is 60.3 cm³/mol. The molecule has 3 rings (SSSR count). The van der Waals surface area contributed by atoms with Crippen molar-refractivity contribution < 1.29 is 0 Å². The van der Waals surface area contributed by atoms with E-state index in [4.69, 9.17) is 5.73 Å². The first kappa shape index (κ1) is 10.0. The molecule has 3 fully saturated rings. The van der Waals surface area contributed by atoms with Gasteiger partial charge in [-0.15, -0.1) is 0 Å². The number of rotatable bonds is 2. The van der Waals surface area contributed by atoms with Crippen LogP contribution < -0.4 is 5.73 Å². The molecular formula is C11H22N4. The van der Waals surface area contributed by atoms with Gasteiger partial charge in [-0.1, -0.05) is 0 Å². The Balaban J connectivity index is 1.78. The Morgan fingerprint density at radius 2 is 1.73 bits per heavy atom. The second kappa shape index (κ2) is 4.01. The molecule has 4 heteroatoms. The Kier molecular flexibility index (Phi) is 2.68. The third-order valence-corrected chi connectivity index (χ3v) is 4.12. The third-order valence-electron chi connectivity index (χ3n) is 4.12. The summed E-state index contributed by atoms with van der Waals surface area (Å²) in [6.45, 7) is 7.25. The van der Waals surface area contributed by atoms with Gasteiger partial charge in [0.15, 0.2) is 0 Å².